The standard InChI is InChI=1S/C16H16O2S/c1-12-8-10-15(11-9-12)19(18)13(2)16(17)14-6-4-3-5-7-14/h3-11,13H,1-2H3. The lowest BCUT2D eigenvalue weighted by Gasteiger charge is -2.10. The molecule has 2 aromatic rings. The average molecular weight is 272 g/mol. The molecule has 0 saturated heterocycles. The number of Topliss-reactive ketones (excluding diaryl/α,β-unsaturated/α-hetero) is 1. The molecule has 0 amide bonds. The summed E-state index contributed by atoms with van der Waals surface area (Å²) in [5.41, 5.74) is 1.72. The second-order valence-electron chi connectivity index (χ2n) is 4.48. The topological polar surface area (TPSA) is 34.1 Å². The number of benzene rings is 2. The van der Waals surface area contributed by atoms with Crippen molar-refractivity contribution < 1.29 is 9.00 Å². The summed E-state index contributed by atoms with van der Waals surface area (Å²) in [4.78, 5) is 12.9. The minimum atomic E-state index is -1.32. The molecule has 0 bridgehead atoms. The molecule has 2 aromatic carbocycles. The maximum atomic E-state index is 12.4. The first-order valence-electron chi connectivity index (χ1n) is 6.16. The molecule has 0 aliphatic heterocycles. The van der Waals surface area contributed by atoms with Gasteiger partial charge in [0.15, 0.2) is 5.78 Å². The monoisotopic (exact) mass is 272 g/mol. The molecule has 0 radical (unpaired) electrons. The predicted molar refractivity (Wildman–Crippen MR) is 77.8 cm³/mol. The van der Waals surface area contributed by atoms with Crippen LogP contribution in [-0.4, -0.2) is 15.2 Å². The normalized spacial score (nSPS) is 13.8. The van der Waals surface area contributed by atoms with Gasteiger partial charge in [-0.15, -0.1) is 0 Å². The van der Waals surface area contributed by atoms with Crippen molar-refractivity contribution in [1.82, 2.24) is 0 Å². The van der Waals surface area contributed by atoms with E-state index in [0.29, 0.717) is 10.5 Å². The number of carbonyl (C=O) groups excluding carboxylic acids is 1. The maximum Gasteiger partial charge on any atom is 0.178 e. The second-order valence-corrected chi connectivity index (χ2v) is 6.26. The lowest BCUT2D eigenvalue weighted by molar-refractivity contribution is 0.0992. The van der Waals surface area contributed by atoms with E-state index in [-0.39, 0.29) is 5.78 Å². The third-order valence-corrected chi connectivity index (χ3v) is 4.60. The lowest BCUT2D eigenvalue weighted by Crippen LogP contribution is -2.22. The van der Waals surface area contributed by atoms with Gasteiger partial charge in [0.25, 0.3) is 0 Å². The summed E-state index contributed by atoms with van der Waals surface area (Å²) in [6, 6.07) is 16.5. The van der Waals surface area contributed by atoms with E-state index >= 15 is 0 Å². The van der Waals surface area contributed by atoms with Crippen molar-refractivity contribution in [2.24, 2.45) is 0 Å². The van der Waals surface area contributed by atoms with Crippen LogP contribution in [0.4, 0.5) is 0 Å². The number of hydrogen-bond donors (Lipinski definition) is 0. The van der Waals surface area contributed by atoms with Gasteiger partial charge in [-0.1, -0.05) is 48.0 Å². The van der Waals surface area contributed by atoms with Crippen molar-refractivity contribution >= 4 is 16.6 Å². The van der Waals surface area contributed by atoms with Gasteiger partial charge in [-0.25, -0.2) is 0 Å². The van der Waals surface area contributed by atoms with Crippen LogP contribution in [0, 0.1) is 6.92 Å². The van der Waals surface area contributed by atoms with Gasteiger partial charge in [0.05, 0.1) is 16.0 Å². The molecule has 3 heteroatoms. The minimum Gasteiger partial charge on any atom is -0.293 e. The Balaban J connectivity index is 2.20. The SMILES string of the molecule is Cc1ccc(S(=O)C(C)C(=O)c2ccccc2)cc1. The molecule has 0 N–H and O–H groups in total. The van der Waals surface area contributed by atoms with Crippen LogP contribution in [0.15, 0.2) is 59.5 Å². The second kappa shape index (κ2) is 5.93. The first kappa shape index (κ1) is 13.7. The van der Waals surface area contributed by atoms with Crippen LogP contribution in [0.2, 0.25) is 0 Å². The van der Waals surface area contributed by atoms with Crippen LogP contribution in [0.1, 0.15) is 22.8 Å². The Hall–Kier alpha value is -1.74. The molecule has 0 aliphatic rings. The minimum absolute atomic E-state index is 0.0838. The molecule has 0 saturated carbocycles. The van der Waals surface area contributed by atoms with Crippen LogP contribution in [0.5, 0.6) is 0 Å². The highest BCUT2D eigenvalue weighted by Gasteiger charge is 2.22. The van der Waals surface area contributed by atoms with Gasteiger partial charge in [-0.2, -0.15) is 0 Å². The largest absolute Gasteiger partial charge is 0.293 e. The number of rotatable bonds is 4. The van der Waals surface area contributed by atoms with E-state index in [2.05, 4.69) is 0 Å². The summed E-state index contributed by atoms with van der Waals surface area (Å²) in [6.45, 7) is 3.69. The number of ketones is 1. The van der Waals surface area contributed by atoms with Crippen molar-refractivity contribution in [2.45, 2.75) is 24.0 Å². The zero-order valence-corrected chi connectivity index (χ0v) is 11.8. The van der Waals surface area contributed by atoms with Crippen LogP contribution < -0.4 is 0 Å². The summed E-state index contributed by atoms with van der Waals surface area (Å²) in [6.07, 6.45) is 0. The average Bonchev–Trinajstić information content (AvgIpc) is 2.46. The molecule has 0 heterocycles. The van der Waals surface area contributed by atoms with Gasteiger partial charge < -0.3 is 0 Å². The predicted octanol–water partition coefficient (Wildman–Crippen LogP) is 3.37. The quantitative estimate of drug-likeness (QED) is 0.800. The maximum absolute atomic E-state index is 12.4. The first-order valence-corrected chi connectivity index (χ1v) is 7.37. The van der Waals surface area contributed by atoms with Crippen LogP contribution in [0.3, 0.4) is 0 Å². The Kier molecular flexibility index (Phi) is 4.27. The fourth-order valence-corrected chi connectivity index (χ4v) is 2.95. The molecule has 0 spiro atoms. The van der Waals surface area contributed by atoms with E-state index in [1.807, 2.05) is 49.4 Å². The highest BCUT2D eigenvalue weighted by molar-refractivity contribution is 7.86. The van der Waals surface area contributed by atoms with E-state index < -0.39 is 16.0 Å². The smallest absolute Gasteiger partial charge is 0.178 e. The molecular formula is C16H16O2S. The van der Waals surface area contributed by atoms with Crippen molar-refractivity contribution in [3.8, 4) is 0 Å². The van der Waals surface area contributed by atoms with Gasteiger partial charge in [0, 0.05) is 10.5 Å². The molecular weight excluding hydrogens is 256 g/mol. The van der Waals surface area contributed by atoms with E-state index in [4.69, 9.17) is 0 Å². The zero-order chi connectivity index (χ0) is 13.8. The molecule has 2 nitrogen and oxygen atoms in total. The summed E-state index contributed by atoms with van der Waals surface area (Å²) in [5.74, 6) is -0.0838. The third kappa shape index (κ3) is 3.18. The summed E-state index contributed by atoms with van der Waals surface area (Å²) in [5, 5.41) is -0.537. The summed E-state index contributed by atoms with van der Waals surface area (Å²) < 4.78 is 12.4. The Morgan fingerprint density at radius 3 is 2.16 bits per heavy atom. The molecule has 0 aliphatic carbocycles. The van der Waals surface area contributed by atoms with Gasteiger partial charge in [-0.3, -0.25) is 9.00 Å². The van der Waals surface area contributed by atoms with Gasteiger partial charge in [0.1, 0.15) is 0 Å². The van der Waals surface area contributed by atoms with E-state index in [0.717, 1.165) is 5.56 Å². The van der Waals surface area contributed by atoms with Crippen molar-refractivity contribution in [3.63, 3.8) is 0 Å². The van der Waals surface area contributed by atoms with Crippen LogP contribution in [0.25, 0.3) is 0 Å². The Labute approximate surface area is 115 Å². The number of aryl methyl sites for hydroxylation is 1. The van der Waals surface area contributed by atoms with E-state index in [9.17, 15) is 9.00 Å². The Morgan fingerprint density at radius 2 is 1.58 bits per heavy atom. The molecule has 0 aromatic heterocycles. The van der Waals surface area contributed by atoms with Crippen molar-refractivity contribution in [2.75, 3.05) is 0 Å². The zero-order valence-electron chi connectivity index (χ0n) is 11.0. The Bertz CT molecular complexity index is 588. The summed E-state index contributed by atoms with van der Waals surface area (Å²) in [7, 11) is -1.32. The molecule has 2 rings (SSSR count). The highest BCUT2D eigenvalue weighted by Crippen LogP contribution is 2.16. The van der Waals surface area contributed by atoms with Gasteiger partial charge in [-0.05, 0) is 26.0 Å². The van der Waals surface area contributed by atoms with Gasteiger partial charge in [0.2, 0.25) is 0 Å². The van der Waals surface area contributed by atoms with E-state index in [1.54, 1.807) is 19.1 Å². The van der Waals surface area contributed by atoms with Crippen LogP contribution in [-0.2, 0) is 10.8 Å². The van der Waals surface area contributed by atoms with E-state index in [1.165, 1.54) is 0 Å². The number of carbonyl (C=O) groups is 1. The lowest BCUT2D eigenvalue weighted by atomic mass is 10.1. The summed E-state index contributed by atoms with van der Waals surface area (Å²) >= 11 is 0. The van der Waals surface area contributed by atoms with Crippen LogP contribution >= 0.6 is 0 Å². The van der Waals surface area contributed by atoms with Crippen molar-refractivity contribution in [3.05, 3.63) is 65.7 Å². The molecule has 2 unspecified atom stereocenters. The molecule has 98 valence electrons. The first-order chi connectivity index (χ1) is 9.09. The third-order valence-electron chi connectivity index (χ3n) is 3.00. The highest BCUT2D eigenvalue weighted by atomic mass is 32.2. The molecule has 2 atom stereocenters. The number of hydrogen-bond acceptors (Lipinski definition) is 2. The fraction of sp³-hybridized carbons (Fsp3) is 0.188. The Morgan fingerprint density at radius 1 is 1.00 bits per heavy atom. The molecule has 0 fully saturated rings. The fourth-order valence-electron chi connectivity index (χ4n) is 1.81. The van der Waals surface area contributed by atoms with Crippen molar-refractivity contribution in [1.29, 1.82) is 0 Å². The van der Waals surface area contributed by atoms with Gasteiger partial charge >= 0.3 is 0 Å². The molecule has 19 heavy (non-hydrogen) atoms.